The van der Waals surface area contributed by atoms with E-state index < -0.39 is 85.7 Å². The predicted octanol–water partition coefficient (Wildman–Crippen LogP) is 5.89. The van der Waals surface area contributed by atoms with Crippen LogP contribution in [-0.2, 0) is 36.1 Å². The Labute approximate surface area is 308 Å². The van der Waals surface area contributed by atoms with Gasteiger partial charge in [-0.05, 0) is 90.1 Å². The van der Waals surface area contributed by atoms with Crippen molar-refractivity contribution >= 4 is 33.6 Å². The molecule has 1 aliphatic carbocycles. The first-order valence-corrected chi connectivity index (χ1v) is 18.6. The van der Waals surface area contributed by atoms with Gasteiger partial charge in [-0.15, -0.1) is 13.2 Å². The number of nitrogens with zero attached hydrogens (tertiary/aromatic N) is 4. The number of hydrogen-bond acceptors (Lipinski definition) is 11. The van der Waals surface area contributed by atoms with Crippen molar-refractivity contribution in [2.75, 3.05) is 23.7 Å². The van der Waals surface area contributed by atoms with Gasteiger partial charge in [-0.2, -0.15) is 4.98 Å². The number of halogens is 4. The van der Waals surface area contributed by atoms with E-state index in [4.69, 9.17) is 14.0 Å². The molecule has 4 aliphatic rings. The Balaban J connectivity index is 1.36. The molecule has 2 aromatic carbocycles. The molecule has 0 radical (unpaired) electrons. The molecule has 3 aromatic rings. The molecule has 7 rings (SSSR count). The number of aromatic nitrogens is 2. The Morgan fingerprint density at radius 1 is 1.02 bits per heavy atom. The van der Waals surface area contributed by atoms with E-state index in [1.165, 1.54) is 12.1 Å². The van der Waals surface area contributed by atoms with Crippen molar-refractivity contribution in [1.29, 1.82) is 0 Å². The van der Waals surface area contributed by atoms with E-state index in [2.05, 4.69) is 20.2 Å². The molecular formula is C35H39F4N5O9S. The maximum Gasteiger partial charge on any atom is 0.573 e. The molecule has 1 saturated carbocycles. The van der Waals surface area contributed by atoms with Crippen molar-refractivity contribution in [3.05, 3.63) is 53.7 Å². The van der Waals surface area contributed by atoms with Crippen LogP contribution in [0.4, 0.5) is 32.8 Å². The second-order valence-corrected chi connectivity index (χ2v) is 17.7. The molecule has 1 atom stereocenters. The SMILES string of the molecule is CC(C)(C)OC(=O)N[C@H]1CS(=O)(=O)c2cc(F)c(-c3noc(C45CC(CN(C(=O)OC(C)(C)C)C4)C5)n3)cc2N(Cc2ccc(OC(F)(F)F)cc2)C1=O. The summed E-state index contributed by atoms with van der Waals surface area (Å²) in [7, 11) is -4.50. The Bertz CT molecular complexity index is 2070. The Morgan fingerprint density at radius 2 is 1.67 bits per heavy atom. The third-order valence-corrected chi connectivity index (χ3v) is 10.7. The van der Waals surface area contributed by atoms with Crippen LogP contribution < -0.4 is 15.0 Å². The van der Waals surface area contributed by atoms with Crippen LogP contribution in [0.15, 0.2) is 45.8 Å². The minimum atomic E-state index is -4.96. The standard InChI is InChI=1S/C35H39F4N5O9S/c1-32(2,3)51-30(46)40-24-17-54(48,49)26-12-23(36)22(11-25(26)44(28(24)45)16-19-7-9-21(10-8-19)50-35(37,38)39)27-41-29(53-42-27)34-13-20(14-34)15-43(18-34)31(47)52-33(4,5)6/h7-12,20,24H,13-18H2,1-6H3,(H,40,46)/t20?,24-,34?/m0/s1. The largest absolute Gasteiger partial charge is 0.573 e. The molecule has 292 valence electrons. The van der Waals surface area contributed by atoms with Gasteiger partial charge in [-0.3, -0.25) is 4.79 Å². The number of benzene rings is 2. The van der Waals surface area contributed by atoms with E-state index in [1.54, 1.807) is 46.4 Å². The molecule has 2 bridgehead atoms. The van der Waals surface area contributed by atoms with Crippen molar-refractivity contribution in [2.45, 2.75) is 94.8 Å². The summed E-state index contributed by atoms with van der Waals surface area (Å²) in [6.45, 7) is 10.2. The normalized spacial score (nSPS) is 22.4. The van der Waals surface area contributed by atoms with Gasteiger partial charge in [0.2, 0.25) is 11.7 Å². The van der Waals surface area contributed by atoms with Gasteiger partial charge in [0.25, 0.3) is 5.91 Å². The number of nitrogens with one attached hydrogen (secondary N) is 1. The van der Waals surface area contributed by atoms with Crippen molar-refractivity contribution in [2.24, 2.45) is 5.92 Å². The zero-order chi connectivity index (χ0) is 39.6. The smallest absolute Gasteiger partial charge is 0.444 e. The summed E-state index contributed by atoms with van der Waals surface area (Å²) in [5, 5.41) is 6.29. The molecule has 3 fully saturated rings. The fraction of sp³-hybridized carbons (Fsp3) is 0.514. The second kappa shape index (κ2) is 13.4. The van der Waals surface area contributed by atoms with Crippen LogP contribution in [0.2, 0.25) is 0 Å². The summed E-state index contributed by atoms with van der Waals surface area (Å²) in [6, 6.07) is 4.56. The van der Waals surface area contributed by atoms with Crippen LogP contribution in [0.3, 0.4) is 0 Å². The number of amides is 3. The van der Waals surface area contributed by atoms with E-state index in [9.17, 15) is 36.0 Å². The first-order chi connectivity index (χ1) is 24.9. The molecule has 14 nitrogen and oxygen atoms in total. The lowest BCUT2D eigenvalue weighted by Crippen LogP contribution is -2.61. The average Bonchev–Trinajstić information content (AvgIpc) is 3.49. The first kappa shape index (κ1) is 38.8. The van der Waals surface area contributed by atoms with Crippen LogP contribution >= 0.6 is 0 Å². The second-order valence-electron chi connectivity index (χ2n) is 15.7. The number of rotatable bonds is 6. The number of hydrogen-bond donors (Lipinski definition) is 1. The Hall–Kier alpha value is -4.94. The number of sulfone groups is 1. The lowest BCUT2D eigenvalue weighted by atomic mass is 9.58. The summed E-state index contributed by atoms with van der Waals surface area (Å²) < 4.78 is 102. The number of anilines is 1. The van der Waals surface area contributed by atoms with Gasteiger partial charge in [0.1, 0.15) is 28.8 Å². The summed E-state index contributed by atoms with van der Waals surface area (Å²) >= 11 is 0. The molecule has 0 spiro atoms. The zero-order valence-electron chi connectivity index (χ0n) is 30.2. The quantitative estimate of drug-likeness (QED) is 0.296. The summed E-state index contributed by atoms with van der Waals surface area (Å²) in [5.41, 5.74) is -2.84. The van der Waals surface area contributed by atoms with Gasteiger partial charge >= 0.3 is 18.5 Å². The van der Waals surface area contributed by atoms with E-state index >= 15 is 4.39 Å². The summed E-state index contributed by atoms with van der Waals surface area (Å²) in [4.78, 5) is 46.2. The number of carbonyl (C=O) groups excluding carboxylic acids is 3. The fourth-order valence-electron chi connectivity index (χ4n) is 6.86. The maximum atomic E-state index is 16.0. The van der Waals surface area contributed by atoms with E-state index in [-0.39, 0.29) is 41.0 Å². The third-order valence-electron chi connectivity index (χ3n) is 8.92. The van der Waals surface area contributed by atoms with E-state index in [0.717, 1.165) is 29.2 Å². The van der Waals surface area contributed by atoms with Gasteiger partial charge in [-0.25, -0.2) is 22.4 Å². The molecule has 2 saturated heterocycles. The van der Waals surface area contributed by atoms with Gasteiger partial charge in [-0.1, -0.05) is 17.3 Å². The monoisotopic (exact) mass is 781 g/mol. The lowest BCUT2D eigenvalue weighted by Gasteiger charge is -2.53. The number of ether oxygens (including phenoxy) is 3. The highest BCUT2D eigenvalue weighted by molar-refractivity contribution is 7.91. The number of alkyl halides is 3. The maximum absolute atomic E-state index is 16.0. The Morgan fingerprint density at radius 3 is 2.28 bits per heavy atom. The molecule has 4 heterocycles. The lowest BCUT2D eigenvalue weighted by molar-refractivity contribution is -0.274. The van der Waals surface area contributed by atoms with Crippen molar-refractivity contribution in [3.8, 4) is 17.1 Å². The van der Waals surface area contributed by atoms with Gasteiger partial charge in [0, 0.05) is 13.1 Å². The van der Waals surface area contributed by atoms with Gasteiger partial charge in [0.15, 0.2) is 9.84 Å². The third kappa shape index (κ3) is 8.39. The zero-order valence-corrected chi connectivity index (χ0v) is 31.1. The van der Waals surface area contributed by atoms with Gasteiger partial charge in [0.05, 0.1) is 33.9 Å². The minimum absolute atomic E-state index is 0.139. The fourth-order valence-corrected chi connectivity index (χ4v) is 8.47. The van der Waals surface area contributed by atoms with Crippen molar-refractivity contribution in [3.63, 3.8) is 0 Å². The predicted molar refractivity (Wildman–Crippen MR) is 181 cm³/mol. The van der Waals surface area contributed by atoms with E-state index in [1.807, 2.05) is 0 Å². The Kier molecular flexibility index (Phi) is 9.64. The topological polar surface area (TPSA) is 170 Å². The molecule has 1 aromatic heterocycles. The van der Waals surface area contributed by atoms with Crippen molar-refractivity contribution in [1.82, 2.24) is 20.4 Å². The van der Waals surface area contributed by atoms with Crippen LogP contribution in [-0.4, -0.2) is 84.0 Å². The number of carbonyl (C=O) groups is 3. The molecule has 54 heavy (non-hydrogen) atoms. The van der Waals surface area contributed by atoms with Crippen LogP contribution in [0.1, 0.15) is 65.8 Å². The molecule has 1 N–H and O–H groups in total. The van der Waals surface area contributed by atoms with Crippen molar-refractivity contribution < 1.29 is 59.1 Å². The average molecular weight is 782 g/mol. The van der Waals surface area contributed by atoms with E-state index in [0.29, 0.717) is 19.4 Å². The minimum Gasteiger partial charge on any atom is -0.444 e. The molecule has 3 amide bonds. The molecular weight excluding hydrogens is 742 g/mol. The first-order valence-electron chi connectivity index (χ1n) is 16.9. The molecule has 19 heteroatoms. The highest BCUT2D eigenvalue weighted by atomic mass is 32.2. The number of alkyl carbamates (subject to hydrolysis) is 1. The number of fused-ring (bicyclic) bond motifs is 3. The van der Waals surface area contributed by atoms with Crippen LogP contribution in [0, 0.1) is 11.7 Å². The number of piperidine rings is 2. The van der Waals surface area contributed by atoms with Crippen LogP contribution in [0.5, 0.6) is 5.75 Å². The molecule has 3 aliphatic heterocycles. The summed E-state index contributed by atoms with van der Waals surface area (Å²) in [6.07, 6.45) is -5.30. The highest BCUT2D eigenvalue weighted by Crippen LogP contribution is 2.52. The molecule has 0 unspecified atom stereocenters. The van der Waals surface area contributed by atoms with Crippen LogP contribution in [0.25, 0.3) is 11.4 Å². The van der Waals surface area contributed by atoms with Gasteiger partial charge < -0.3 is 33.9 Å². The highest BCUT2D eigenvalue weighted by Gasteiger charge is 2.56. The summed E-state index contributed by atoms with van der Waals surface area (Å²) in [5.74, 6) is -3.48.